The van der Waals surface area contributed by atoms with E-state index in [2.05, 4.69) is 12.2 Å². The molecule has 0 saturated carbocycles. The van der Waals surface area contributed by atoms with E-state index in [4.69, 9.17) is 9.84 Å². The molecule has 0 spiro atoms. The van der Waals surface area contributed by atoms with Gasteiger partial charge in [0.25, 0.3) is 0 Å². The van der Waals surface area contributed by atoms with E-state index in [-0.39, 0.29) is 12.7 Å². The summed E-state index contributed by atoms with van der Waals surface area (Å²) < 4.78 is 5.27. The Morgan fingerprint density at radius 1 is 1.60 bits per heavy atom. The van der Waals surface area contributed by atoms with Gasteiger partial charge in [-0.05, 0) is 13.5 Å². The molecular formula is C7H17NO2. The highest BCUT2D eigenvalue weighted by molar-refractivity contribution is 4.56. The first-order valence-corrected chi connectivity index (χ1v) is 3.72. The second-order valence-corrected chi connectivity index (χ2v) is 2.18. The highest BCUT2D eigenvalue weighted by atomic mass is 16.5. The lowest BCUT2D eigenvalue weighted by Gasteiger charge is -2.13. The van der Waals surface area contributed by atoms with Crippen LogP contribution in [0.25, 0.3) is 0 Å². The molecule has 1 atom stereocenters. The molecule has 1 unspecified atom stereocenters. The lowest BCUT2D eigenvalue weighted by atomic mass is 10.3. The van der Waals surface area contributed by atoms with E-state index in [1.165, 1.54) is 0 Å². The molecular weight excluding hydrogens is 130 g/mol. The van der Waals surface area contributed by atoms with Crippen LogP contribution < -0.4 is 5.32 Å². The second kappa shape index (κ2) is 6.99. The van der Waals surface area contributed by atoms with Gasteiger partial charge < -0.3 is 15.2 Å². The van der Waals surface area contributed by atoms with Gasteiger partial charge in [0, 0.05) is 6.54 Å². The molecule has 0 amide bonds. The molecule has 0 saturated heterocycles. The van der Waals surface area contributed by atoms with Crippen LogP contribution in [0.2, 0.25) is 0 Å². The van der Waals surface area contributed by atoms with E-state index in [0.29, 0.717) is 6.61 Å². The topological polar surface area (TPSA) is 41.5 Å². The van der Waals surface area contributed by atoms with Crippen molar-refractivity contribution in [1.82, 2.24) is 5.32 Å². The summed E-state index contributed by atoms with van der Waals surface area (Å²) in [6.45, 7) is 3.48. The van der Waals surface area contributed by atoms with Gasteiger partial charge in [0.15, 0.2) is 0 Å². The summed E-state index contributed by atoms with van der Waals surface area (Å²) in [6, 6.07) is 0. The molecule has 3 heteroatoms. The molecule has 0 radical (unpaired) electrons. The average Bonchev–Trinajstić information content (AvgIpc) is 1.98. The molecule has 62 valence electrons. The van der Waals surface area contributed by atoms with Gasteiger partial charge in [-0.25, -0.2) is 0 Å². The molecule has 2 N–H and O–H groups in total. The van der Waals surface area contributed by atoms with Crippen molar-refractivity contribution in [2.75, 3.05) is 26.8 Å². The molecule has 0 aromatic heterocycles. The molecule has 0 aliphatic heterocycles. The monoisotopic (exact) mass is 147 g/mol. The number of hydrogen-bond acceptors (Lipinski definition) is 3. The number of aliphatic hydroxyl groups is 1. The number of aliphatic hydroxyl groups excluding tert-OH is 1. The van der Waals surface area contributed by atoms with Crippen LogP contribution in [0.1, 0.15) is 13.3 Å². The number of rotatable bonds is 6. The Morgan fingerprint density at radius 3 is 2.70 bits per heavy atom. The van der Waals surface area contributed by atoms with Gasteiger partial charge in [-0.3, -0.25) is 0 Å². The van der Waals surface area contributed by atoms with E-state index < -0.39 is 0 Å². The molecule has 0 aliphatic carbocycles. The van der Waals surface area contributed by atoms with Gasteiger partial charge in [-0.1, -0.05) is 6.92 Å². The van der Waals surface area contributed by atoms with Gasteiger partial charge in [0.2, 0.25) is 0 Å². The smallest absolute Gasteiger partial charge is 0.0702 e. The highest BCUT2D eigenvalue weighted by Crippen LogP contribution is 1.94. The summed E-state index contributed by atoms with van der Waals surface area (Å²) in [5.41, 5.74) is 0. The Labute approximate surface area is 62.4 Å². The second-order valence-electron chi connectivity index (χ2n) is 2.18. The number of hydrogen-bond donors (Lipinski definition) is 2. The van der Waals surface area contributed by atoms with Gasteiger partial charge >= 0.3 is 0 Å². The van der Waals surface area contributed by atoms with Gasteiger partial charge in [0.05, 0.1) is 19.3 Å². The summed E-state index contributed by atoms with van der Waals surface area (Å²) in [5, 5.41) is 11.5. The average molecular weight is 147 g/mol. The number of ether oxygens (including phenoxy) is 1. The van der Waals surface area contributed by atoms with Gasteiger partial charge in [0.1, 0.15) is 0 Å². The van der Waals surface area contributed by atoms with Crippen molar-refractivity contribution >= 4 is 0 Å². The van der Waals surface area contributed by atoms with Crippen LogP contribution in [0.15, 0.2) is 0 Å². The predicted molar refractivity (Wildman–Crippen MR) is 41.0 cm³/mol. The zero-order valence-electron chi connectivity index (χ0n) is 6.76. The molecule has 0 aliphatic rings. The summed E-state index contributed by atoms with van der Waals surface area (Å²) in [4.78, 5) is 0. The Kier molecular flexibility index (Phi) is 6.91. The van der Waals surface area contributed by atoms with E-state index in [1.807, 2.05) is 7.05 Å². The minimum absolute atomic E-state index is 0.111. The van der Waals surface area contributed by atoms with Crippen molar-refractivity contribution < 1.29 is 9.84 Å². The van der Waals surface area contributed by atoms with E-state index >= 15 is 0 Å². The molecule has 3 nitrogen and oxygen atoms in total. The Balaban J connectivity index is 3.21. The van der Waals surface area contributed by atoms with Crippen molar-refractivity contribution in [3.05, 3.63) is 0 Å². The maximum absolute atomic E-state index is 8.43. The zero-order chi connectivity index (χ0) is 7.82. The van der Waals surface area contributed by atoms with E-state index in [0.717, 1.165) is 13.0 Å². The number of nitrogens with one attached hydrogen (secondary N) is 1. The summed E-state index contributed by atoms with van der Waals surface area (Å²) in [6.07, 6.45) is 1.23. The fourth-order valence-electron chi connectivity index (χ4n) is 0.768. The largest absolute Gasteiger partial charge is 0.394 e. The molecule has 0 rings (SSSR count). The van der Waals surface area contributed by atoms with Crippen molar-refractivity contribution in [2.24, 2.45) is 0 Å². The third-order valence-electron chi connectivity index (χ3n) is 1.33. The van der Waals surface area contributed by atoms with Crippen LogP contribution in [0.3, 0.4) is 0 Å². The molecule has 0 heterocycles. The van der Waals surface area contributed by atoms with Crippen LogP contribution in [-0.2, 0) is 4.74 Å². The van der Waals surface area contributed by atoms with Crippen molar-refractivity contribution in [3.63, 3.8) is 0 Å². The fraction of sp³-hybridized carbons (Fsp3) is 1.00. The fourth-order valence-corrected chi connectivity index (χ4v) is 0.768. The lowest BCUT2D eigenvalue weighted by molar-refractivity contribution is 0.0282. The Bertz CT molecular complexity index is 68.6. The van der Waals surface area contributed by atoms with Crippen LogP contribution in [0, 0.1) is 0 Å². The first-order valence-electron chi connectivity index (χ1n) is 3.72. The third kappa shape index (κ3) is 4.73. The Hall–Kier alpha value is -0.120. The van der Waals surface area contributed by atoms with Crippen LogP contribution in [0.5, 0.6) is 0 Å². The molecule has 0 bridgehead atoms. The van der Waals surface area contributed by atoms with Gasteiger partial charge in [-0.15, -0.1) is 0 Å². The Morgan fingerprint density at radius 2 is 2.30 bits per heavy atom. The first-order chi connectivity index (χ1) is 4.85. The lowest BCUT2D eigenvalue weighted by Crippen LogP contribution is -2.26. The van der Waals surface area contributed by atoms with Crippen molar-refractivity contribution in [3.8, 4) is 0 Å². The van der Waals surface area contributed by atoms with Crippen molar-refractivity contribution in [1.29, 1.82) is 0 Å². The SMILES string of the molecule is CCC(CNC)OCCO. The summed E-state index contributed by atoms with van der Waals surface area (Å²) in [5.74, 6) is 0. The predicted octanol–water partition coefficient (Wildman–Crippen LogP) is -0.00670. The third-order valence-corrected chi connectivity index (χ3v) is 1.33. The summed E-state index contributed by atoms with van der Waals surface area (Å²) >= 11 is 0. The van der Waals surface area contributed by atoms with E-state index in [1.54, 1.807) is 0 Å². The summed E-state index contributed by atoms with van der Waals surface area (Å²) in [7, 11) is 1.89. The maximum atomic E-state index is 8.43. The maximum Gasteiger partial charge on any atom is 0.0702 e. The van der Waals surface area contributed by atoms with Gasteiger partial charge in [-0.2, -0.15) is 0 Å². The van der Waals surface area contributed by atoms with Crippen LogP contribution in [0.4, 0.5) is 0 Å². The standard InChI is InChI=1S/C7H17NO2/c1-3-7(6-8-2)10-5-4-9/h7-9H,3-6H2,1-2H3. The first kappa shape index (κ1) is 9.88. The number of likely N-dealkylation sites (N-methyl/N-ethyl adjacent to an activating group) is 1. The van der Waals surface area contributed by atoms with Crippen LogP contribution in [-0.4, -0.2) is 38.0 Å². The zero-order valence-corrected chi connectivity index (χ0v) is 6.76. The van der Waals surface area contributed by atoms with Crippen molar-refractivity contribution in [2.45, 2.75) is 19.4 Å². The molecule has 0 aromatic rings. The van der Waals surface area contributed by atoms with E-state index in [9.17, 15) is 0 Å². The molecule has 10 heavy (non-hydrogen) atoms. The molecule has 0 fully saturated rings. The highest BCUT2D eigenvalue weighted by Gasteiger charge is 2.02. The molecule has 0 aromatic carbocycles. The minimum atomic E-state index is 0.111. The van der Waals surface area contributed by atoms with Crippen LogP contribution >= 0.6 is 0 Å². The quantitative estimate of drug-likeness (QED) is 0.555. The minimum Gasteiger partial charge on any atom is -0.394 e. The normalized spacial score (nSPS) is 13.5.